The fourth-order valence-corrected chi connectivity index (χ4v) is 2.62. The number of hydrogen-bond donors (Lipinski definition) is 2. The summed E-state index contributed by atoms with van der Waals surface area (Å²) in [4.78, 5) is 15.3. The second-order valence-electron chi connectivity index (χ2n) is 5.17. The van der Waals surface area contributed by atoms with Gasteiger partial charge in [0.25, 0.3) is 5.95 Å². The van der Waals surface area contributed by atoms with Gasteiger partial charge in [0.15, 0.2) is 0 Å². The molecule has 1 fully saturated rings. The summed E-state index contributed by atoms with van der Waals surface area (Å²) in [7, 11) is 1.77. The lowest BCUT2D eigenvalue weighted by Gasteiger charge is -2.25. The second kappa shape index (κ2) is 5.65. The molecule has 0 spiro atoms. The first kappa shape index (κ1) is 13.7. The summed E-state index contributed by atoms with van der Waals surface area (Å²) < 4.78 is 1.60. The lowest BCUT2D eigenvalue weighted by Crippen LogP contribution is -2.36. The molecule has 3 rings (SSSR count). The molecule has 0 radical (unpaired) electrons. The Morgan fingerprint density at radius 1 is 1.33 bits per heavy atom. The molecule has 0 aliphatic carbocycles. The van der Waals surface area contributed by atoms with E-state index in [1.807, 2.05) is 11.0 Å². The summed E-state index contributed by atoms with van der Waals surface area (Å²) >= 11 is 0. The quantitative estimate of drug-likeness (QED) is 0.836. The Balaban J connectivity index is 2.00. The maximum atomic E-state index is 9.60. The third-order valence-corrected chi connectivity index (χ3v) is 3.87. The smallest absolute Gasteiger partial charge is 0.257 e. The number of anilines is 2. The van der Waals surface area contributed by atoms with Crippen molar-refractivity contribution in [2.24, 2.45) is 5.92 Å². The van der Waals surface area contributed by atoms with Crippen LogP contribution in [0.1, 0.15) is 13.3 Å². The van der Waals surface area contributed by atoms with Gasteiger partial charge < -0.3 is 15.3 Å². The van der Waals surface area contributed by atoms with Gasteiger partial charge in [-0.15, -0.1) is 0 Å². The zero-order valence-corrected chi connectivity index (χ0v) is 12.1. The molecule has 8 heteroatoms. The molecule has 1 aliphatic rings. The Morgan fingerprint density at radius 2 is 2.14 bits per heavy atom. The summed E-state index contributed by atoms with van der Waals surface area (Å²) in [5.41, 5.74) is 0. The molecule has 2 N–H and O–H groups in total. The summed E-state index contributed by atoms with van der Waals surface area (Å²) in [6.45, 7) is 3.06. The van der Waals surface area contributed by atoms with Gasteiger partial charge in [0, 0.05) is 26.0 Å². The fraction of sp³-hybridized carbons (Fsp3) is 0.538. The van der Waals surface area contributed by atoms with Gasteiger partial charge in [0.05, 0.1) is 12.6 Å². The van der Waals surface area contributed by atoms with Crippen LogP contribution in [0, 0.1) is 5.92 Å². The molecule has 1 saturated heterocycles. The van der Waals surface area contributed by atoms with E-state index in [9.17, 15) is 5.11 Å². The third kappa shape index (κ3) is 2.54. The second-order valence-corrected chi connectivity index (χ2v) is 5.17. The molecule has 0 aromatic carbocycles. The fourth-order valence-electron chi connectivity index (χ4n) is 2.62. The SMILES string of the molecule is CNc1nc(N2CCC(C)C2CO)nc(-n2cccn2)n1. The predicted octanol–water partition coefficient (Wildman–Crippen LogP) is 0.306. The van der Waals surface area contributed by atoms with Gasteiger partial charge in [0.1, 0.15) is 0 Å². The lowest BCUT2D eigenvalue weighted by molar-refractivity contribution is 0.244. The molecule has 2 unspecified atom stereocenters. The van der Waals surface area contributed by atoms with Gasteiger partial charge in [-0.25, -0.2) is 4.68 Å². The summed E-state index contributed by atoms with van der Waals surface area (Å²) in [6.07, 6.45) is 4.48. The molecule has 2 aromatic rings. The summed E-state index contributed by atoms with van der Waals surface area (Å²) in [6, 6.07) is 1.86. The molecule has 2 aromatic heterocycles. The minimum absolute atomic E-state index is 0.0441. The highest BCUT2D eigenvalue weighted by atomic mass is 16.3. The average Bonchev–Trinajstić information content (AvgIpc) is 3.16. The number of nitrogens with one attached hydrogen (secondary N) is 1. The van der Waals surface area contributed by atoms with Crippen LogP contribution in [0.4, 0.5) is 11.9 Å². The van der Waals surface area contributed by atoms with Crippen LogP contribution in [0.2, 0.25) is 0 Å². The Hall–Kier alpha value is -2.22. The van der Waals surface area contributed by atoms with Crippen molar-refractivity contribution < 1.29 is 5.11 Å². The average molecular weight is 289 g/mol. The molecule has 8 nitrogen and oxygen atoms in total. The predicted molar refractivity (Wildman–Crippen MR) is 78.5 cm³/mol. The van der Waals surface area contributed by atoms with E-state index in [0.717, 1.165) is 13.0 Å². The largest absolute Gasteiger partial charge is 0.394 e. The highest BCUT2D eigenvalue weighted by Crippen LogP contribution is 2.27. The van der Waals surface area contributed by atoms with Gasteiger partial charge in [-0.05, 0) is 18.4 Å². The van der Waals surface area contributed by atoms with Crippen LogP contribution in [0.25, 0.3) is 5.95 Å². The maximum absolute atomic E-state index is 9.60. The van der Waals surface area contributed by atoms with Crippen LogP contribution >= 0.6 is 0 Å². The molecular formula is C13H19N7O. The van der Waals surface area contributed by atoms with Crippen molar-refractivity contribution >= 4 is 11.9 Å². The maximum Gasteiger partial charge on any atom is 0.257 e. The number of rotatable bonds is 4. The number of aliphatic hydroxyl groups is 1. The van der Waals surface area contributed by atoms with Crippen LogP contribution in [0.15, 0.2) is 18.5 Å². The summed E-state index contributed by atoms with van der Waals surface area (Å²) in [5.74, 6) is 1.94. The normalized spacial score (nSPS) is 21.8. The molecule has 112 valence electrons. The van der Waals surface area contributed by atoms with Crippen molar-refractivity contribution in [2.45, 2.75) is 19.4 Å². The van der Waals surface area contributed by atoms with E-state index in [2.05, 4.69) is 32.3 Å². The molecule has 2 atom stereocenters. The third-order valence-electron chi connectivity index (χ3n) is 3.87. The van der Waals surface area contributed by atoms with Gasteiger partial charge in [-0.1, -0.05) is 6.92 Å². The van der Waals surface area contributed by atoms with Crippen molar-refractivity contribution in [1.82, 2.24) is 24.7 Å². The Morgan fingerprint density at radius 3 is 2.81 bits per heavy atom. The van der Waals surface area contributed by atoms with Crippen LogP contribution in [-0.2, 0) is 0 Å². The Bertz CT molecular complexity index is 601. The molecule has 1 aliphatic heterocycles. The van der Waals surface area contributed by atoms with Gasteiger partial charge in [0.2, 0.25) is 11.9 Å². The monoisotopic (exact) mass is 289 g/mol. The van der Waals surface area contributed by atoms with E-state index in [1.54, 1.807) is 24.1 Å². The number of aromatic nitrogens is 5. The van der Waals surface area contributed by atoms with E-state index in [1.165, 1.54) is 0 Å². The molecule has 0 amide bonds. The first-order valence-electron chi connectivity index (χ1n) is 7.04. The van der Waals surface area contributed by atoms with E-state index in [0.29, 0.717) is 23.8 Å². The van der Waals surface area contributed by atoms with Crippen LogP contribution in [0.3, 0.4) is 0 Å². The topological polar surface area (TPSA) is 92.0 Å². The highest BCUT2D eigenvalue weighted by molar-refractivity contribution is 5.42. The van der Waals surface area contributed by atoms with E-state index in [4.69, 9.17) is 0 Å². The molecule has 0 saturated carbocycles. The minimum Gasteiger partial charge on any atom is -0.394 e. The summed E-state index contributed by atoms with van der Waals surface area (Å²) in [5, 5.41) is 16.7. The zero-order chi connectivity index (χ0) is 14.8. The van der Waals surface area contributed by atoms with Crippen molar-refractivity contribution in [3.63, 3.8) is 0 Å². The standard InChI is InChI=1S/C13H19N7O/c1-9-4-7-19(10(9)8-21)12-16-11(14-2)17-13(18-12)20-6-3-5-15-20/h3,5-6,9-10,21H,4,7-8H2,1-2H3,(H,14,16,17,18). The van der Waals surface area contributed by atoms with Crippen LogP contribution < -0.4 is 10.2 Å². The number of hydrogen-bond acceptors (Lipinski definition) is 7. The van der Waals surface area contributed by atoms with Crippen LogP contribution in [-0.4, -0.2) is 56.1 Å². The first-order valence-corrected chi connectivity index (χ1v) is 7.04. The van der Waals surface area contributed by atoms with E-state index in [-0.39, 0.29) is 12.6 Å². The minimum atomic E-state index is 0.0441. The number of nitrogens with zero attached hydrogens (tertiary/aromatic N) is 6. The highest BCUT2D eigenvalue weighted by Gasteiger charge is 2.32. The van der Waals surface area contributed by atoms with Gasteiger partial charge in [-0.3, -0.25) is 0 Å². The van der Waals surface area contributed by atoms with Crippen molar-refractivity contribution in [1.29, 1.82) is 0 Å². The van der Waals surface area contributed by atoms with Crippen molar-refractivity contribution in [3.8, 4) is 5.95 Å². The first-order chi connectivity index (χ1) is 10.2. The molecule has 3 heterocycles. The number of aliphatic hydroxyl groups excluding tert-OH is 1. The lowest BCUT2D eigenvalue weighted by atomic mass is 10.0. The van der Waals surface area contributed by atoms with Crippen molar-refractivity contribution in [3.05, 3.63) is 18.5 Å². The van der Waals surface area contributed by atoms with Crippen LogP contribution in [0.5, 0.6) is 0 Å². The Labute approximate surface area is 122 Å². The van der Waals surface area contributed by atoms with E-state index < -0.39 is 0 Å². The molecular weight excluding hydrogens is 270 g/mol. The van der Waals surface area contributed by atoms with Gasteiger partial charge >= 0.3 is 0 Å². The Kier molecular flexibility index (Phi) is 3.70. The van der Waals surface area contributed by atoms with Gasteiger partial charge in [-0.2, -0.15) is 20.1 Å². The van der Waals surface area contributed by atoms with E-state index >= 15 is 0 Å². The zero-order valence-electron chi connectivity index (χ0n) is 12.1. The van der Waals surface area contributed by atoms with Crippen molar-refractivity contribution in [2.75, 3.05) is 30.4 Å². The molecule has 21 heavy (non-hydrogen) atoms. The molecule has 0 bridgehead atoms.